The van der Waals surface area contributed by atoms with Crippen molar-refractivity contribution in [3.05, 3.63) is 48.4 Å². The molecule has 3 aromatic rings. The van der Waals surface area contributed by atoms with E-state index in [1.165, 1.54) is 4.90 Å². The molecule has 2 amide bonds. The van der Waals surface area contributed by atoms with E-state index < -0.39 is 18.5 Å². The molecule has 11 heteroatoms. The number of amides is 2. The predicted octanol–water partition coefficient (Wildman–Crippen LogP) is 5.10. The minimum Gasteiger partial charge on any atom is -0.378 e. The van der Waals surface area contributed by atoms with Gasteiger partial charge >= 0.3 is 12.2 Å². The molecule has 1 N–H and O–H groups in total. The second-order valence-electron chi connectivity index (χ2n) is 10.0. The Morgan fingerprint density at radius 3 is 2.63 bits per heavy atom. The summed E-state index contributed by atoms with van der Waals surface area (Å²) in [6.45, 7) is 5.14. The van der Waals surface area contributed by atoms with Crippen molar-refractivity contribution in [1.82, 2.24) is 19.4 Å². The monoisotopic (exact) mass is 528 g/mol. The van der Waals surface area contributed by atoms with Gasteiger partial charge in [-0.05, 0) is 60.2 Å². The summed E-state index contributed by atoms with van der Waals surface area (Å²) < 4.78 is 45.7. The molecule has 8 nitrogen and oxygen atoms in total. The van der Waals surface area contributed by atoms with E-state index in [-0.39, 0.29) is 12.6 Å². The van der Waals surface area contributed by atoms with Crippen LogP contribution in [0, 0.1) is 12.8 Å². The van der Waals surface area contributed by atoms with Crippen molar-refractivity contribution in [2.24, 2.45) is 13.0 Å². The molecule has 0 saturated carbocycles. The normalized spacial score (nSPS) is 18.2. The van der Waals surface area contributed by atoms with Crippen LogP contribution in [0.1, 0.15) is 18.4 Å². The van der Waals surface area contributed by atoms with Gasteiger partial charge in [0.1, 0.15) is 11.5 Å². The molecule has 2 aliphatic heterocycles. The van der Waals surface area contributed by atoms with E-state index >= 15 is 0 Å². The van der Waals surface area contributed by atoms with Crippen LogP contribution in [0.15, 0.2) is 42.9 Å². The van der Waals surface area contributed by atoms with Crippen LogP contribution in [0.25, 0.3) is 22.5 Å². The lowest BCUT2D eigenvalue weighted by Gasteiger charge is -2.28. The summed E-state index contributed by atoms with van der Waals surface area (Å²) in [7, 11) is 1.91. The van der Waals surface area contributed by atoms with E-state index in [0.29, 0.717) is 31.9 Å². The Morgan fingerprint density at radius 2 is 1.92 bits per heavy atom. The quantitative estimate of drug-likeness (QED) is 0.499. The molecule has 2 aromatic heterocycles. The highest BCUT2D eigenvalue weighted by Gasteiger charge is 2.36. The van der Waals surface area contributed by atoms with E-state index in [0.717, 1.165) is 47.0 Å². The summed E-state index contributed by atoms with van der Waals surface area (Å²) in [6, 6.07) is 9.27. The maximum Gasteiger partial charge on any atom is 0.389 e. The molecule has 0 radical (unpaired) electrons. The molecule has 0 spiro atoms. The molecule has 4 heterocycles. The fourth-order valence-electron chi connectivity index (χ4n) is 5.03. The number of alkyl halides is 3. The number of aryl methyl sites for hydroxylation is 2. The molecule has 2 saturated heterocycles. The number of aromatic nitrogens is 3. The van der Waals surface area contributed by atoms with Crippen molar-refractivity contribution in [3.8, 4) is 22.5 Å². The molecule has 0 aliphatic carbocycles. The summed E-state index contributed by atoms with van der Waals surface area (Å²) in [5.41, 5.74) is 4.95. The van der Waals surface area contributed by atoms with E-state index in [9.17, 15) is 18.0 Å². The molecule has 5 rings (SSSR count). The first-order valence-electron chi connectivity index (χ1n) is 12.7. The molecule has 1 aromatic carbocycles. The summed E-state index contributed by atoms with van der Waals surface area (Å²) in [6.07, 6.45) is -1.08. The van der Waals surface area contributed by atoms with Crippen molar-refractivity contribution in [1.29, 1.82) is 0 Å². The smallest absolute Gasteiger partial charge is 0.378 e. The summed E-state index contributed by atoms with van der Waals surface area (Å²) in [5, 5.41) is 2.88. The third-order valence-electron chi connectivity index (χ3n) is 7.01. The zero-order valence-electron chi connectivity index (χ0n) is 21.5. The predicted molar refractivity (Wildman–Crippen MR) is 139 cm³/mol. The Morgan fingerprint density at radius 1 is 1.13 bits per heavy atom. The standard InChI is InChI=1S/C27H31F3N6O2/c1-18-3-4-21(32-26(37)36-6-5-19(15-36)14-27(28,29)30)13-22(18)20-11-23(24-16-34(2)17-31-24)33-25(12-20)35-7-9-38-10-8-35/h3-4,11-13,16-17,19H,5-10,14-15H2,1-2H3,(H,32,37). The number of morpholine rings is 1. The number of nitrogens with one attached hydrogen (secondary N) is 1. The summed E-state index contributed by atoms with van der Waals surface area (Å²) in [5.74, 6) is 0.267. The zero-order chi connectivity index (χ0) is 26.9. The van der Waals surface area contributed by atoms with Gasteiger partial charge in [-0.2, -0.15) is 13.2 Å². The van der Waals surface area contributed by atoms with E-state index in [4.69, 9.17) is 9.72 Å². The van der Waals surface area contributed by atoms with Crippen LogP contribution in [-0.2, 0) is 11.8 Å². The second-order valence-corrected chi connectivity index (χ2v) is 10.0. The fraction of sp³-hybridized carbons (Fsp3) is 0.444. The number of ether oxygens (including phenoxy) is 1. The number of benzene rings is 1. The van der Waals surface area contributed by atoms with Gasteiger partial charge in [0, 0.05) is 51.5 Å². The Balaban J connectivity index is 1.41. The van der Waals surface area contributed by atoms with Crippen LogP contribution in [0.3, 0.4) is 0 Å². The number of carbonyl (C=O) groups is 1. The Labute approximate surface area is 219 Å². The van der Waals surface area contributed by atoms with Gasteiger partial charge in [0.15, 0.2) is 0 Å². The van der Waals surface area contributed by atoms with Crippen LogP contribution < -0.4 is 10.2 Å². The van der Waals surface area contributed by atoms with Gasteiger partial charge in [0.05, 0.1) is 25.2 Å². The molecule has 1 unspecified atom stereocenters. The highest BCUT2D eigenvalue weighted by atomic mass is 19.4. The zero-order valence-corrected chi connectivity index (χ0v) is 21.5. The Hall–Kier alpha value is -3.60. The van der Waals surface area contributed by atoms with Gasteiger partial charge in [0.25, 0.3) is 0 Å². The van der Waals surface area contributed by atoms with Crippen LogP contribution in [0.4, 0.5) is 29.5 Å². The maximum atomic E-state index is 12.9. The van der Waals surface area contributed by atoms with Gasteiger partial charge < -0.3 is 24.4 Å². The van der Waals surface area contributed by atoms with E-state index in [2.05, 4.69) is 15.2 Å². The topological polar surface area (TPSA) is 75.5 Å². The third kappa shape index (κ3) is 6.09. The summed E-state index contributed by atoms with van der Waals surface area (Å²) in [4.78, 5) is 25.9. The van der Waals surface area contributed by atoms with Gasteiger partial charge in [-0.15, -0.1) is 0 Å². The van der Waals surface area contributed by atoms with Crippen LogP contribution >= 0.6 is 0 Å². The fourth-order valence-corrected chi connectivity index (χ4v) is 5.03. The number of carbonyl (C=O) groups excluding carboxylic acids is 1. The highest BCUT2D eigenvalue weighted by molar-refractivity contribution is 5.91. The molecule has 38 heavy (non-hydrogen) atoms. The maximum absolute atomic E-state index is 12.9. The number of imidazole rings is 1. The Bertz CT molecular complexity index is 1300. The minimum absolute atomic E-state index is 0.102. The van der Waals surface area contributed by atoms with Crippen LogP contribution in [-0.4, -0.2) is 71.0 Å². The lowest BCUT2D eigenvalue weighted by molar-refractivity contribution is -0.143. The number of anilines is 2. The van der Waals surface area contributed by atoms with Crippen LogP contribution in [0.5, 0.6) is 0 Å². The second kappa shape index (κ2) is 10.6. The number of halogens is 3. The average Bonchev–Trinajstić information content (AvgIpc) is 3.53. The first kappa shape index (κ1) is 26.0. The molecule has 2 fully saturated rings. The number of hydrogen-bond acceptors (Lipinski definition) is 5. The average molecular weight is 529 g/mol. The highest BCUT2D eigenvalue weighted by Crippen LogP contribution is 2.34. The number of nitrogens with zero attached hydrogens (tertiary/aromatic N) is 5. The number of pyridine rings is 1. The van der Waals surface area contributed by atoms with Crippen molar-refractivity contribution in [2.45, 2.75) is 25.9 Å². The largest absolute Gasteiger partial charge is 0.389 e. The number of hydrogen-bond donors (Lipinski definition) is 1. The lowest BCUT2D eigenvalue weighted by atomic mass is 9.99. The van der Waals surface area contributed by atoms with Gasteiger partial charge in [-0.3, -0.25) is 0 Å². The molecular weight excluding hydrogens is 497 g/mol. The number of rotatable bonds is 5. The van der Waals surface area contributed by atoms with E-state index in [1.807, 2.05) is 55.1 Å². The van der Waals surface area contributed by atoms with Crippen molar-refractivity contribution >= 4 is 17.5 Å². The molecule has 202 valence electrons. The summed E-state index contributed by atoms with van der Waals surface area (Å²) >= 11 is 0. The van der Waals surface area contributed by atoms with Crippen molar-refractivity contribution in [3.63, 3.8) is 0 Å². The van der Waals surface area contributed by atoms with Gasteiger partial charge in [-0.1, -0.05) is 6.07 Å². The molecule has 1 atom stereocenters. The van der Waals surface area contributed by atoms with Crippen molar-refractivity contribution in [2.75, 3.05) is 49.6 Å². The lowest BCUT2D eigenvalue weighted by Crippen LogP contribution is -2.36. The van der Waals surface area contributed by atoms with Gasteiger partial charge in [-0.25, -0.2) is 14.8 Å². The van der Waals surface area contributed by atoms with E-state index in [1.54, 1.807) is 6.33 Å². The number of urea groups is 1. The molecular formula is C27H31F3N6O2. The minimum atomic E-state index is -4.22. The molecule has 2 aliphatic rings. The first-order valence-corrected chi connectivity index (χ1v) is 12.7. The first-order chi connectivity index (χ1) is 18.1. The Kier molecular flexibility index (Phi) is 7.29. The van der Waals surface area contributed by atoms with Gasteiger partial charge in [0.2, 0.25) is 0 Å². The third-order valence-corrected chi connectivity index (χ3v) is 7.01. The van der Waals surface area contributed by atoms with Crippen molar-refractivity contribution < 1.29 is 22.7 Å². The van der Waals surface area contributed by atoms with Crippen LogP contribution in [0.2, 0.25) is 0 Å². The number of likely N-dealkylation sites (tertiary alicyclic amines) is 1. The molecule has 0 bridgehead atoms. The SMILES string of the molecule is Cc1ccc(NC(=O)N2CCC(CC(F)(F)F)C2)cc1-c1cc(-c2cn(C)cn2)nc(N2CCOCC2)c1.